The Balaban J connectivity index is 2.29. The topological polar surface area (TPSA) is 75.7 Å². The maximum absolute atomic E-state index is 14.3. The van der Waals surface area contributed by atoms with Crippen molar-refractivity contribution < 1.29 is 23.5 Å². The van der Waals surface area contributed by atoms with Crippen LogP contribution in [0.15, 0.2) is 18.2 Å². The van der Waals surface area contributed by atoms with Crippen LogP contribution < -0.4 is 5.32 Å². The summed E-state index contributed by atoms with van der Waals surface area (Å²) >= 11 is 0. The van der Waals surface area contributed by atoms with E-state index >= 15 is 0 Å². The number of piperazine rings is 1. The summed E-state index contributed by atoms with van der Waals surface area (Å²) in [5, 5.41) is 2.73. The van der Waals surface area contributed by atoms with Crippen LogP contribution in [0.5, 0.6) is 0 Å². The Bertz CT molecular complexity index is 660. The number of methoxy groups -OCH3 is 1. The molecule has 1 aliphatic rings. The van der Waals surface area contributed by atoms with Gasteiger partial charge in [0.1, 0.15) is 11.9 Å². The maximum atomic E-state index is 14.3. The van der Waals surface area contributed by atoms with Crippen molar-refractivity contribution in [2.24, 2.45) is 5.92 Å². The van der Waals surface area contributed by atoms with Crippen LogP contribution in [0.25, 0.3) is 0 Å². The van der Waals surface area contributed by atoms with Gasteiger partial charge in [0, 0.05) is 13.1 Å². The second-order valence-electron chi connectivity index (χ2n) is 6.12. The van der Waals surface area contributed by atoms with E-state index in [2.05, 4.69) is 10.1 Å². The summed E-state index contributed by atoms with van der Waals surface area (Å²) in [7, 11) is 1.20. The first-order valence-electron chi connectivity index (χ1n) is 7.81. The highest BCUT2D eigenvalue weighted by Crippen LogP contribution is 2.20. The first kappa shape index (κ1) is 17.9. The first-order valence-corrected chi connectivity index (χ1v) is 7.81. The lowest BCUT2D eigenvalue weighted by molar-refractivity contribution is -0.128. The van der Waals surface area contributed by atoms with Crippen molar-refractivity contribution in [3.05, 3.63) is 35.1 Å². The van der Waals surface area contributed by atoms with Crippen LogP contribution in [-0.4, -0.2) is 48.9 Å². The zero-order valence-electron chi connectivity index (χ0n) is 14.0. The van der Waals surface area contributed by atoms with Gasteiger partial charge in [-0.05, 0) is 30.5 Å². The second-order valence-corrected chi connectivity index (χ2v) is 6.12. The zero-order chi connectivity index (χ0) is 17.9. The smallest absolute Gasteiger partial charge is 0.337 e. The van der Waals surface area contributed by atoms with Crippen molar-refractivity contribution in [1.82, 2.24) is 10.2 Å². The molecule has 24 heavy (non-hydrogen) atoms. The fraction of sp³-hybridized carbons (Fsp3) is 0.471. The maximum Gasteiger partial charge on any atom is 0.337 e. The normalized spacial score (nSPS) is 17.6. The van der Waals surface area contributed by atoms with Crippen LogP contribution in [0.4, 0.5) is 4.39 Å². The van der Waals surface area contributed by atoms with Crippen LogP contribution in [0.3, 0.4) is 0 Å². The summed E-state index contributed by atoms with van der Waals surface area (Å²) in [6.07, 6.45) is 0.499. The number of esters is 1. The van der Waals surface area contributed by atoms with Crippen molar-refractivity contribution in [3.63, 3.8) is 0 Å². The molecule has 6 nitrogen and oxygen atoms in total. The zero-order valence-corrected chi connectivity index (χ0v) is 14.0. The average Bonchev–Trinajstić information content (AvgIpc) is 2.55. The van der Waals surface area contributed by atoms with Crippen molar-refractivity contribution in [1.29, 1.82) is 0 Å². The van der Waals surface area contributed by atoms with Gasteiger partial charge in [0.05, 0.1) is 18.2 Å². The highest BCUT2D eigenvalue weighted by Gasteiger charge is 2.34. The molecule has 1 N–H and O–H groups in total. The number of nitrogens with zero attached hydrogens (tertiary/aromatic N) is 1. The molecule has 0 radical (unpaired) electrons. The Morgan fingerprint density at radius 2 is 2.12 bits per heavy atom. The molecule has 0 aliphatic carbocycles. The molecule has 0 bridgehead atoms. The van der Waals surface area contributed by atoms with Crippen LogP contribution in [-0.2, 0) is 9.53 Å². The Kier molecular flexibility index (Phi) is 5.54. The lowest BCUT2D eigenvalue weighted by Gasteiger charge is -2.36. The molecule has 1 aliphatic heterocycles. The molecule has 2 amide bonds. The van der Waals surface area contributed by atoms with Gasteiger partial charge in [0.15, 0.2) is 0 Å². The molecule has 0 saturated carbocycles. The number of halogens is 1. The third-order valence-corrected chi connectivity index (χ3v) is 3.91. The van der Waals surface area contributed by atoms with Crippen LogP contribution in [0, 0.1) is 11.7 Å². The lowest BCUT2D eigenvalue weighted by Crippen LogP contribution is -2.57. The van der Waals surface area contributed by atoms with Gasteiger partial charge in [-0.1, -0.05) is 13.8 Å². The van der Waals surface area contributed by atoms with Crippen molar-refractivity contribution >= 4 is 17.8 Å². The van der Waals surface area contributed by atoms with Crippen molar-refractivity contribution in [3.8, 4) is 0 Å². The van der Waals surface area contributed by atoms with Crippen LogP contribution in [0.2, 0.25) is 0 Å². The Hall–Kier alpha value is -2.44. The quantitative estimate of drug-likeness (QED) is 0.848. The number of hydrogen-bond acceptors (Lipinski definition) is 4. The predicted molar refractivity (Wildman–Crippen MR) is 85.0 cm³/mol. The molecule has 7 heteroatoms. The summed E-state index contributed by atoms with van der Waals surface area (Å²) in [6, 6.07) is 2.94. The first-order chi connectivity index (χ1) is 11.3. The van der Waals surface area contributed by atoms with E-state index < -0.39 is 23.7 Å². The summed E-state index contributed by atoms with van der Waals surface area (Å²) < 4.78 is 18.8. The van der Waals surface area contributed by atoms with E-state index in [1.54, 1.807) is 0 Å². The van der Waals surface area contributed by atoms with Gasteiger partial charge in [-0.2, -0.15) is 0 Å². The number of hydrogen-bond donors (Lipinski definition) is 1. The van der Waals surface area contributed by atoms with E-state index in [4.69, 9.17) is 0 Å². The monoisotopic (exact) mass is 336 g/mol. The highest BCUT2D eigenvalue weighted by atomic mass is 19.1. The Labute approximate surface area is 140 Å². The van der Waals surface area contributed by atoms with E-state index in [-0.39, 0.29) is 23.0 Å². The fourth-order valence-corrected chi connectivity index (χ4v) is 2.73. The summed E-state index contributed by atoms with van der Waals surface area (Å²) in [5.74, 6) is -2.06. The minimum absolute atomic E-state index is 0.0293. The average molecular weight is 336 g/mol. The van der Waals surface area contributed by atoms with Gasteiger partial charge in [-0.25, -0.2) is 9.18 Å². The highest BCUT2D eigenvalue weighted by molar-refractivity contribution is 5.99. The third kappa shape index (κ3) is 3.72. The molecule has 1 atom stereocenters. The summed E-state index contributed by atoms with van der Waals surface area (Å²) in [4.78, 5) is 37.6. The summed E-state index contributed by atoms with van der Waals surface area (Å²) in [5.41, 5.74) is -0.132. The molecule has 0 spiro atoms. The van der Waals surface area contributed by atoms with Gasteiger partial charge < -0.3 is 15.0 Å². The lowest BCUT2D eigenvalue weighted by atomic mass is 9.99. The fourth-order valence-electron chi connectivity index (χ4n) is 2.73. The number of carbonyl (C=O) groups is 3. The number of ether oxygens (including phenoxy) is 1. The van der Waals surface area contributed by atoms with Crippen molar-refractivity contribution in [2.75, 3.05) is 20.2 Å². The minimum atomic E-state index is -0.808. The number of carbonyl (C=O) groups excluding carboxylic acids is 3. The van der Waals surface area contributed by atoms with E-state index in [0.717, 1.165) is 6.07 Å². The number of amides is 2. The van der Waals surface area contributed by atoms with E-state index in [1.165, 1.54) is 24.1 Å². The predicted octanol–water partition coefficient (Wildman–Crippen LogP) is 1.60. The molecular weight excluding hydrogens is 315 g/mol. The van der Waals surface area contributed by atoms with E-state index in [1.807, 2.05) is 13.8 Å². The number of nitrogens with one attached hydrogen (secondary N) is 1. The molecule has 130 valence electrons. The molecule has 1 fully saturated rings. The Morgan fingerprint density at radius 1 is 1.42 bits per heavy atom. The van der Waals surface area contributed by atoms with Crippen molar-refractivity contribution in [2.45, 2.75) is 26.3 Å². The van der Waals surface area contributed by atoms with Gasteiger partial charge in [0.2, 0.25) is 5.91 Å². The standard InChI is InChI=1S/C17H21FN2O4/c1-10(2)8-14-15(21)19-6-7-20(14)16(22)12-5-4-11(9-13(12)18)17(23)24-3/h4-5,9-10,14H,6-8H2,1-3H3,(H,19,21)/t14-/m1/s1. The molecular formula is C17H21FN2O4. The number of rotatable bonds is 4. The second kappa shape index (κ2) is 7.42. The van der Waals surface area contributed by atoms with Crippen LogP contribution in [0.1, 0.15) is 41.0 Å². The minimum Gasteiger partial charge on any atom is -0.465 e. The molecule has 0 unspecified atom stereocenters. The van der Waals surface area contributed by atoms with Gasteiger partial charge in [-0.15, -0.1) is 0 Å². The van der Waals surface area contributed by atoms with Gasteiger partial charge >= 0.3 is 5.97 Å². The van der Waals surface area contributed by atoms with Crippen LogP contribution >= 0.6 is 0 Å². The molecule has 0 aromatic heterocycles. The van der Waals surface area contributed by atoms with E-state index in [9.17, 15) is 18.8 Å². The molecule has 1 aromatic rings. The summed E-state index contributed by atoms with van der Waals surface area (Å²) in [6.45, 7) is 4.56. The largest absolute Gasteiger partial charge is 0.465 e. The molecule has 2 rings (SSSR count). The van der Waals surface area contributed by atoms with Gasteiger partial charge in [0.25, 0.3) is 5.91 Å². The molecule has 1 heterocycles. The Morgan fingerprint density at radius 3 is 2.71 bits per heavy atom. The van der Waals surface area contributed by atoms with E-state index in [0.29, 0.717) is 19.5 Å². The number of benzene rings is 1. The SMILES string of the molecule is COC(=O)c1ccc(C(=O)N2CCNC(=O)[C@H]2CC(C)C)c(F)c1. The molecule has 1 saturated heterocycles. The third-order valence-electron chi connectivity index (χ3n) is 3.91. The van der Waals surface area contributed by atoms with Gasteiger partial charge in [-0.3, -0.25) is 9.59 Å². The molecule has 1 aromatic carbocycles.